The van der Waals surface area contributed by atoms with E-state index in [0.717, 1.165) is 22.6 Å². The van der Waals surface area contributed by atoms with E-state index in [4.69, 9.17) is 0 Å². The van der Waals surface area contributed by atoms with E-state index in [1.807, 2.05) is 60.7 Å². The van der Waals surface area contributed by atoms with Crippen LogP contribution < -0.4 is 4.90 Å². The van der Waals surface area contributed by atoms with Crippen molar-refractivity contribution in [2.75, 3.05) is 4.90 Å². The zero-order valence-corrected chi connectivity index (χ0v) is 17.7. The molecule has 4 aromatic carbocycles. The van der Waals surface area contributed by atoms with Crippen LogP contribution in [0.25, 0.3) is 6.08 Å². The zero-order valence-electron chi connectivity index (χ0n) is 17.7. The third-order valence-corrected chi connectivity index (χ3v) is 5.75. The molecule has 0 N–H and O–H groups in total. The Morgan fingerprint density at radius 1 is 0.697 bits per heavy atom. The first-order chi connectivity index (χ1) is 16.1. The first kappa shape index (κ1) is 20.4. The van der Waals surface area contributed by atoms with Gasteiger partial charge in [0.05, 0.1) is 10.5 Å². The Morgan fingerprint density at radius 3 is 1.85 bits per heavy atom. The largest absolute Gasteiger partial charge is 0.311 e. The van der Waals surface area contributed by atoms with Crippen molar-refractivity contribution in [1.82, 2.24) is 0 Å². The van der Waals surface area contributed by atoms with Crippen molar-refractivity contribution in [3.63, 3.8) is 0 Å². The molecule has 160 valence electrons. The highest BCUT2D eigenvalue weighted by atomic mass is 16.6. The van der Waals surface area contributed by atoms with Gasteiger partial charge in [0.25, 0.3) is 5.69 Å². The van der Waals surface area contributed by atoms with Crippen LogP contribution >= 0.6 is 0 Å². The standard InChI is InChI=1S/C28H20N2O3/c31-28-21(19-26-25(28)12-7-13-27(26)30(32)33)18-20-14-16-24(17-15-20)29(22-8-3-1-4-9-22)23-10-5-2-6-11-23/h1-17,19H,18H2. The lowest BCUT2D eigenvalue weighted by atomic mass is 10.0. The lowest BCUT2D eigenvalue weighted by Crippen LogP contribution is -2.09. The fourth-order valence-corrected chi connectivity index (χ4v) is 4.19. The average molecular weight is 432 g/mol. The number of anilines is 3. The fourth-order valence-electron chi connectivity index (χ4n) is 4.19. The first-order valence-electron chi connectivity index (χ1n) is 10.6. The predicted octanol–water partition coefficient (Wildman–Crippen LogP) is 6.89. The molecule has 1 aliphatic carbocycles. The summed E-state index contributed by atoms with van der Waals surface area (Å²) in [4.78, 5) is 25.9. The lowest BCUT2D eigenvalue weighted by molar-refractivity contribution is -0.385. The van der Waals surface area contributed by atoms with Crippen LogP contribution in [0.1, 0.15) is 21.5 Å². The summed E-state index contributed by atoms with van der Waals surface area (Å²) in [6.07, 6.45) is 2.07. The predicted molar refractivity (Wildman–Crippen MR) is 130 cm³/mol. The van der Waals surface area contributed by atoms with Crippen molar-refractivity contribution in [3.8, 4) is 0 Å². The number of Topliss-reactive ketones (excluding diaryl/α,β-unsaturated/α-hetero) is 1. The molecular weight excluding hydrogens is 412 g/mol. The molecule has 0 atom stereocenters. The van der Waals surface area contributed by atoms with Gasteiger partial charge in [0.1, 0.15) is 0 Å². The van der Waals surface area contributed by atoms with Gasteiger partial charge in [-0.25, -0.2) is 0 Å². The van der Waals surface area contributed by atoms with Crippen molar-refractivity contribution in [1.29, 1.82) is 0 Å². The second-order valence-corrected chi connectivity index (χ2v) is 7.84. The van der Waals surface area contributed by atoms with Crippen LogP contribution in [0, 0.1) is 10.1 Å². The molecule has 1 aliphatic rings. The van der Waals surface area contributed by atoms with Crippen molar-refractivity contribution in [2.45, 2.75) is 6.42 Å². The van der Waals surface area contributed by atoms with Crippen LogP contribution in [0.4, 0.5) is 22.7 Å². The van der Waals surface area contributed by atoms with E-state index < -0.39 is 4.92 Å². The molecule has 0 fully saturated rings. The highest BCUT2D eigenvalue weighted by Crippen LogP contribution is 2.36. The van der Waals surface area contributed by atoms with E-state index in [2.05, 4.69) is 29.2 Å². The van der Waals surface area contributed by atoms with Gasteiger partial charge in [0.15, 0.2) is 5.78 Å². The number of allylic oxidation sites excluding steroid dienone is 1. The third kappa shape index (κ3) is 3.92. The summed E-state index contributed by atoms with van der Waals surface area (Å²) in [6, 6.07) is 33.0. The number of nitrogens with zero attached hydrogens (tertiary/aromatic N) is 2. The molecule has 0 aliphatic heterocycles. The number of rotatable bonds is 6. The number of carbonyl (C=O) groups excluding carboxylic acids is 1. The van der Waals surface area contributed by atoms with Crippen LogP contribution in [0.15, 0.2) is 109 Å². The van der Waals surface area contributed by atoms with Crippen LogP contribution in [0.5, 0.6) is 0 Å². The molecule has 33 heavy (non-hydrogen) atoms. The van der Waals surface area contributed by atoms with E-state index in [1.165, 1.54) is 6.07 Å². The Hall–Kier alpha value is -4.51. The van der Waals surface area contributed by atoms with Crippen molar-refractivity contribution in [3.05, 3.63) is 136 Å². The van der Waals surface area contributed by atoms with Gasteiger partial charge in [0, 0.05) is 40.7 Å². The highest BCUT2D eigenvalue weighted by molar-refractivity contribution is 6.19. The fraction of sp³-hybridized carbons (Fsp3) is 0.0357. The first-order valence-corrected chi connectivity index (χ1v) is 10.6. The Labute approximate surface area is 191 Å². The normalized spacial score (nSPS) is 12.2. The molecule has 0 amide bonds. The Balaban J connectivity index is 1.44. The maximum Gasteiger partial charge on any atom is 0.277 e. The number of hydrogen-bond acceptors (Lipinski definition) is 4. The van der Waals surface area contributed by atoms with Crippen LogP contribution in [0.3, 0.4) is 0 Å². The van der Waals surface area contributed by atoms with Gasteiger partial charge in [0.2, 0.25) is 0 Å². The van der Waals surface area contributed by atoms with Gasteiger partial charge in [-0.3, -0.25) is 14.9 Å². The van der Waals surface area contributed by atoms with Crippen LogP contribution in [-0.2, 0) is 6.42 Å². The van der Waals surface area contributed by atoms with E-state index in [1.54, 1.807) is 18.2 Å². The quantitative estimate of drug-likeness (QED) is 0.246. The second kappa shape index (κ2) is 8.55. The van der Waals surface area contributed by atoms with Gasteiger partial charge in [-0.2, -0.15) is 0 Å². The van der Waals surface area contributed by atoms with E-state index in [9.17, 15) is 14.9 Å². The number of nitro benzene ring substituents is 1. The molecule has 0 bridgehead atoms. The van der Waals surface area contributed by atoms with Gasteiger partial charge in [-0.05, 0) is 54.1 Å². The van der Waals surface area contributed by atoms with Crippen molar-refractivity contribution >= 4 is 34.6 Å². The summed E-state index contributed by atoms with van der Waals surface area (Å²) in [5.41, 5.74) is 5.40. The third-order valence-electron chi connectivity index (χ3n) is 5.75. The Morgan fingerprint density at radius 2 is 1.27 bits per heavy atom. The summed E-state index contributed by atoms with van der Waals surface area (Å²) in [5.74, 6) is -0.145. The van der Waals surface area contributed by atoms with E-state index in [0.29, 0.717) is 23.1 Å². The molecule has 0 radical (unpaired) electrons. The monoisotopic (exact) mass is 432 g/mol. The minimum Gasteiger partial charge on any atom is -0.311 e. The Kier molecular flexibility index (Phi) is 5.29. The van der Waals surface area contributed by atoms with Gasteiger partial charge < -0.3 is 4.90 Å². The summed E-state index contributed by atoms with van der Waals surface area (Å²) in [7, 11) is 0. The molecular formula is C28H20N2O3. The molecule has 0 spiro atoms. The number of fused-ring (bicyclic) bond motifs is 1. The average Bonchev–Trinajstić information content (AvgIpc) is 3.17. The lowest BCUT2D eigenvalue weighted by Gasteiger charge is -2.25. The molecule has 5 nitrogen and oxygen atoms in total. The second-order valence-electron chi connectivity index (χ2n) is 7.84. The van der Waals surface area contributed by atoms with Crippen molar-refractivity contribution in [2.24, 2.45) is 0 Å². The number of ketones is 1. The van der Waals surface area contributed by atoms with E-state index in [-0.39, 0.29) is 11.5 Å². The number of carbonyl (C=O) groups is 1. The number of para-hydroxylation sites is 2. The molecule has 5 heteroatoms. The summed E-state index contributed by atoms with van der Waals surface area (Å²) < 4.78 is 0. The molecule has 0 unspecified atom stereocenters. The maximum atomic E-state index is 12.8. The molecule has 5 rings (SSSR count). The minimum absolute atomic E-state index is 0.0347. The topological polar surface area (TPSA) is 63.5 Å². The molecule has 0 heterocycles. The number of benzene rings is 4. The summed E-state index contributed by atoms with van der Waals surface area (Å²) in [5, 5.41) is 11.3. The number of hydrogen-bond donors (Lipinski definition) is 0. The maximum absolute atomic E-state index is 12.8. The minimum atomic E-state index is -0.442. The molecule has 0 saturated carbocycles. The molecule has 0 saturated heterocycles. The smallest absolute Gasteiger partial charge is 0.277 e. The van der Waals surface area contributed by atoms with Crippen molar-refractivity contribution < 1.29 is 9.72 Å². The SMILES string of the molecule is O=C1C(Cc2ccc(N(c3ccccc3)c3ccccc3)cc2)=Cc2c1cccc2[N+](=O)[O-]. The highest BCUT2D eigenvalue weighted by Gasteiger charge is 2.28. The van der Waals surface area contributed by atoms with Gasteiger partial charge in [-0.1, -0.05) is 54.6 Å². The number of nitro groups is 1. The molecule has 4 aromatic rings. The Bertz CT molecular complexity index is 1320. The van der Waals surface area contributed by atoms with Gasteiger partial charge >= 0.3 is 0 Å². The summed E-state index contributed by atoms with van der Waals surface area (Å²) >= 11 is 0. The molecule has 0 aromatic heterocycles. The van der Waals surface area contributed by atoms with Crippen LogP contribution in [0.2, 0.25) is 0 Å². The van der Waals surface area contributed by atoms with Crippen LogP contribution in [-0.4, -0.2) is 10.7 Å². The summed E-state index contributed by atoms with van der Waals surface area (Å²) in [6.45, 7) is 0. The van der Waals surface area contributed by atoms with Gasteiger partial charge in [-0.15, -0.1) is 0 Å². The zero-order chi connectivity index (χ0) is 22.8. The van der Waals surface area contributed by atoms with E-state index >= 15 is 0 Å².